The van der Waals surface area contributed by atoms with Gasteiger partial charge in [-0.15, -0.1) is 0 Å². The maximum Gasteiger partial charge on any atom is 0.276 e. The lowest BCUT2D eigenvalue weighted by Gasteiger charge is -2.10. The lowest BCUT2D eigenvalue weighted by Crippen LogP contribution is -2.49. The van der Waals surface area contributed by atoms with E-state index in [1.54, 1.807) is 12.1 Å². The normalized spacial score (nSPS) is 10.3. The van der Waals surface area contributed by atoms with E-state index < -0.39 is 11.8 Å². The quantitative estimate of drug-likeness (QED) is 0.367. The first-order valence-electron chi connectivity index (χ1n) is 8.96. The number of hydrogen-bond acceptors (Lipinski definition) is 5. The number of hydrogen-bond donors (Lipinski definition) is 3. The van der Waals surface area contributed by atoms with E-state index in [1.807, 2.05) is 56.3 Å². The summed E-state index contributed by atoms with van der Waals surface area (Å²) in [7, 11) is 0. The minimum absolute atomic E-state index is 0.0322. The summed E-state index contributed by atoms with van der Waals surface area (Å²) in [6.45, 7) is 4.25. The second-order valence-corrected chi connectivity index (χ2v) is 6.34. The fraction of sp³-hybridized carbons (Fsp3) is 0.190. The predicted octanol–water partition coefficient (Wildman–Crippen LogP) is 2.51. The second kappa shape index (κ2) is 11.5. The number of hydrazine groups is 1. The highest BCUT2D eigenvalue weighted by molar-refractivity contribution is 7.80. The highest BCUT2D eigenvalue weighted by Gasteiger charge is 2.05. The van der Waals surface area contributed by atoms with Gasteiger partial charge >= 0.3 is 0 Å². The second-order valence-electron chi connectivity index (χ2n) is 5.93. The monoisotopic (exact) mass is 413 g/mol. The van der Waals surface area contributed by atoms with E-state index in [0.717, 1.165) is 16.9 Å². The third-order valence-electron chi connectivity index (χ3n) is 3.53. The molecule has 2 aromatic rings. The van der Waals surface area contributed by atoms with Crippen molar-refractivity contribution in [1.29, 1.82) is 0 Å². The van der Waals surface area contributed by atoms with Gasteiger partial charge in [0.15, 0.2) is 11.7 Å². The molecule has 0 aromatic heterocycles. The summed E-state index contributed by atoms with van der Waals surface area (Å²) in [4.78, 5) is 23.7. The Balaban J connectivity index is 1.69. The molecule has 3 N–H and O–H groups in total. The minimum atomic E-state index is -0.437. The summed E-state index contributed by atoms with van der Waals surface area (Å²) in [6.07, 6.45) is 2.98. The van der Waals surface area contributed by atoms with Crippen LogP contribution >= 0.6 is 12.2 Å². The Morgan fingerprint density at radius 2 is 1.79 bits per heavy atom. The van der Waals surface area contributed by atoms with Gasteiger partial charge in [0.05, 0.1) is 6.61 Å². The molecule has 8 heteroatoms. The van der Waals surface area contributed by atoms with Gasteiger partial charge in [0.25, 0.3) is 5.91 Å². The zero-order valence-electron chi connectivity index (χ0n) is 16.2. The number of benzene rings is 2. The molecule has 0 heterocycles. The van der Waals surface area contributed by atoms with Crippen LogP contribution in [0.4, 0.5) is 0 Å². The molecule has 0 saturated heterocycles. The lowest BCUT2D eigenvalue weighted by molar-refractivity contribution is -0.123. The van der Waals surface area contributed by atoms with Crippen LogP contribution in [0, 0.1) is 6.92 Å². The SMILES string of the molecule is CCOc1ccc(/C=C/C(=O)NC(=S)NNC(=O)COc2cccc(C)c2)cc1. The molecule has 2 amide bonds. The van der Waals surface area contributed by atoms with Crippen molar-refractivity contribution in [3.63, 3.8) is 0 Å². The maximum atomic E-state index is 11.9. The van der Waals surface area contributed by atoms with E-state index in [4.69, 9.17) is 21.7 Å². The smallest absolute Gasteiger partial charge is 0.276 e. The molecule has 0 aliphatic rings. The number of rotatable bonds is 7. The third-order valence-corrected chi connectivity index (χ3v) is 3.73. The molecule has 0 atom stereocenters. The van der Waals surface area contributed by atoms with Crippen LogP contribution in [-0.2, 0) is 9.59 Å². The summed E-state index contributed by atoms with van der Waals surface area (Å²) >= 11 is 4.97. The molecule has 0 unspecified atom stereocenters. The van der Waals surface area contributed by atoms with Gasteiger partial charge < -0.3 is 9.47 Å². The third kappa shape index (κ3) is 8.44. The van der Waals surface area contributed by atoms with E-state index in [-0.39, 0.29) is 11.7 Å². The fourth-order valence-corrected chi connectivity index (χ4v) is 2.37. The van der Waals surface area contributed by atoms with Crippen LogP contribution in [0.25, 0.3) is 6.08 Å². The minimum Gasteiger partial charge on any atom is -0.494 e. The highest BCUT2D eigenvalue weighted by atomic mass is 32.1. The number of carbonyl (C=O) groups is 2. The van der Waals surface area contributed by atoms with Crippen LogP contribution in [0.1, 0.15) is 18.1 Å². The van der Waals surface area contributed by atoms with Gasteiger partial charge in [0.2, 0.25) is 5.91 Å². The molecule has 29 heavy (non-hydrogen) atoms. The topological polar surface area (TPSA) is 88.7 Å². The van der Waals surface area contributed by atoms with E-state index in [0.29, 0.717) is 12.4 Å². The van der Waals surface area contributed by atoms with E-state index in [9.17, 15) is 9.59 Å². The first-order chi connectivity index (χ1) is 14.0. The Morgan fingerprint density at radius 1 is 1.03 bits per heavy atom. The van der Waals surface area contributed by atoms with Gasteiger partial charge in [-0.3, -0.25) is 25.8 Å². The van der Waals surface area contributed by atoms with Crippen LogP contribution in [0.2, 0.25) is 0 Å². The van der Waals surface area contributed by atoms with Crippen molar-refractivity contribution in [2.45, 2.75) is 13.8 Å². The number of nitrogens with one attached hydrogen (secondary N) is 3. The van der Waals surface area contributed by atoms with Crippen molar-refractivity contribution in [3.8, 4) is 11.5 Å². The molecular weight excluding hydrogens is 390 g/mol. The summed E-state index contributed by atoms with van der Waals surface area (Å²) < 4.78 is 10.7. The molecule has 0 aliphatic heterocycles. The van der Waals surface area contributed by atoms with Crippen molar-refractivity contribution in [1.82, 2.24) is 16.2 Å². The van der Waals surface area contributed by atoms with E-state index >= 15 is 0 Å². The molecule has 0 fully saturated rings. The van der Waals surface area contributed by atoms with Gasteiger partial charge in [-0.1, -0.05) is 24.3 Å². The first kappa shape index (κ1) is 21.9. The molecule has 0 saturated carbocycles. The average Bonchev–Trinajstić information content (AvgIpc) is 2.70. The Morgan fingerprint density at radius 3 is 2.48 bits per heavy atom. The van der Waals surface area contributed by atoms with Crippen molar-refractivity contribution in [2.24, 2.45) is 0 Å². The Hall–Kier alpha value is -3.39. The summed E-state index contributed by atoms with van der Waals surface area (Å²) in [5.74, 6) is 0.492. The van der Waals surface area contributed by atoms with Gasteiger partial charge in [-0.05, 0) is 67.5 Å². The highest BCUT2D eigenvalue weighted by Crippen LogP contribution is 2.13. The van der Waals surface area contributed by atoms with Crippen molar-refractivity contribution >= 4 is 35.2 Å². The van der Waals surface area contributed by atoms with Gasteiger partial charge in [0.1, 0.15) is 11.5 Å². The fourth-order valence-electron chi connectivity index (χ4n) is 2.22. The molecule has 0 bridgehead atoms. The molecular formula is C21H23N3O4S. The van der Waals surface area contributed by atoms with E-state index in [2.05, 4.69) is 16.2 Å². The predicted molar refractivity (Wildman–Crippen MR) is 115 cm³/mol. The summed E-state index contributed by atoms with van der Waals surface area (Å²) in [5, 5.41) is 2.40. The molecule has 0 spiro atoms. The molecule has 2 rings (SSSR count). The zero-order valence-corrected chi connectivity index (χ0v) is 17.0. The molecule has 2 aromatic carbocycles. The summed E-state index contributed by atoms with van der Waals surface area (Å²) in [5.41, 5.74) is 6.67. The average molecular weight is 413 g/mol. The standard InChI is InChI=1S/C21H23N3O4S/c1-3-27-17-10-7-16(8-11-17)9-12-19(25)22-21(29)24-23-20(26)14-28-18-6-4-5-15(2)13-18/h4-13H,3,14H2,1-2H3,(H,23,26)(H2,22,24,25,29)/b12-9+. The zero-order chi connectivity index (χ0) is 21.1. The van der Waals surface area contributed by atoms with Crippen LogP contribution in [0.3, 0.4) is 0 Å². The first-order valence-corrected chi connectivity index (χ1v) is 9.37. The number of amides is 2. The summed E-state index contributed by atoms with van der Waals surface area (Å²) in [6, 6.07) is 14.7. The Labute approximate surface area is 175 Å². The largest absolute Gasteiger partial charge is 0.494 e. The molecule has 0 radical (unpaired) electrons. The van der Waals surface area contributed by atoms with Crippen LogP contribution in [0.5, 0.6) is 11.5 Å². The van der Waals surface area contributed by atoms with Gasteiger partial charge in [-0.2, -0.15) is 0 Å². The van der Waals surface area contributed by atoms with Crippen molar-refractivity contribution in [3.05, 3.63) is 65.7 Å². The van der Waals surface area contributed by atoms with Crippen LogP contribution < -0.4 is 25.6 Å². The number of ether oxygens (including phenoxy) is 2. The number of thiocarbonyl (C=S) groups is 1. The Bertz CT molecular complexity index is 882. The van der Waals surface area contributed by atoms with Crippen molar-refractivity contribution < 1.29 is 19.1 Å². The van der Waals surface area contributed by atoms with Gasteiger partial charge in [-0.25, -0.2) is 0 Å². The molecule has 152 valence electrons. The van der Waals surface area contributed by atoms with E-state index in [1.165, 1.54) is 6.08 Å². The Kier molecular flexibility index (Phi) is 8.65. The van der Waals surface area contributed by atoms with Crippen molar-refractivity contribution in [2.75, 3.05) is 13.2 Å². The maximum absolute atomic E-state index is 11.9. The molecule has 7 nitrogen and oxygen atoms in total. The molecule has 0 aliphatic carbocycles. The van der Waals surface area contributed by atoms with Crippen LogP contribution in [-0.4, -0.2) is 30.1 Å². The number of carbonyl (C=O) groups excluding carboxylic acids is 2. The van der Waals surface area contributed by atoms with Gasteiger partial charge in [0, 0.05) is 6.08 Å². The number of aryl methyl sites for hydroxylation is 1. The van der Waals surface area contributed by atoms with Crippen LogP contribution in [0.15, 0.2) is 54.6 Å². The lowest BCUT2D eigenvalue weighted by atomic mass is 10.2.